The molecule has 0 aromatic heterocycles. The lowest BCUT2D eigenvalue weighted by atomic mass is 9.76. The van der Waals surface area contributed by atoms with E-state index in [1.165, 1.54) is 23.1 Å². The van der Waals surface area contributed by atoms with Crippen LogP contribution in [0.1, 0.15) is 55.8 Å². The van der Waals surface area contributed by atoms with Gasteiger partial charge in [0.15, 0.2) is 9.84 Å². The quantitative estimate of drug-likeness (QED) is 0.280. The summed E-state index contributed by atoms with van der Waals surface area (Å²) >= 11 is 0. The monoisotopic (exact) mass is 658 g/mol. The average molecular weight is 659 g/mol. The fourth-order valence-electron chi connectivity index (χ4n) is 6.83. The van der Waals surface area contributed by atoms with E-state index in [1.807, 2.05) is 0 Å². The van der Waals surface area contributed by atoms with E-state index in [0.717, 1.165) is 30.3 Å². The highest BCUT2D eigenvalue weighted by Crippen LogP contribution is 2.56. The van der Waals surface area contributed by atoms with Gasteiger partial charge < -0.3 is 10.2 Å². The van der Waals surface area contributed by atoms with Crippen molar-refractivity contribution in [1.82, 2.24) is 10.2 Å². The normalized spacial score (nSPS) is 21.6. The predicted octanol–water partition coefficient (Wildman–Crippen LogP) is 5.89. The van der Waals surface area contributed by atoms with Crippen molar-refractivity contribution in [2.75, 3.05) is 6.54 Å². The molecule has 0 radical (unpaired) electrons. The third-order valence-corrected chi connectivity index (χ3v) is 11.5. The van der Waals surface area contributed by atoms with Crippen molar-refractivity contribution in [2.45, 2.75) is 59.5 Å². The molecule has 3 aliphatic rings. The number of nitrogens with one attached hydrogen (secondary N) is 1. The van der Waals surface area contributed by atoms with Gasteiger partial charge in [0.1, 0.15) is 10.6 Å². The lowest BCUT2D eigenvalue weighted by molar-refractivity contribution is -0.348. The number of carbonyl (C=O) groups is 2. The highest BCUT2D eigenvalue weighted by Gasteiger charge is 2.74. The van der Waals surface area contributed by atoms with E-state index in [-0.39, 0.29) is 65.9 Å². The lowest BCUT2D eigenvalue weighted by Crippen LogP contribution is -2.53. The van der Waals surface area contributed by atoms with Gasteiger partial charge in [-0.05, 0) is 78.4 Å². The molecular weight excluding hydrogens is 636 g/mol. The minimum atomic E-state index is -6.37. The molecular formula is C30H22F8N2O4S. The number of aryl methyl sites for hydroxylation is 1. The Hall–Kier alpha value is -4.01. The second kappa shape index (κ2) is 9.99. The van der Waals surface area contributed by atoms with Crippen molar-refractivity contribution in [3.8, 4) is 0 Å². The Labute approximate surface area is 250 Å². The highest BCUT2D eigenvalue weighted by atomic mass is 32.2. The molecule has 6 nitrogen and oxygen atoms in total. The molecule has 1 fully saturated rings. The van der Waals surface area contributed by atoms with Crippen molar-refractivity contribution in [1.29, 1.82) is 0 Å². The van der Waals surface area contributed by atoms with Crippen LogP contribution in [0.3, 0.4) is 0 Å². The zero-order chi connectivity index (χ0) is 32.7. The van der Waals surface area contributed by atoms with Gasteiger partial charge in [0, 0.05) is 29.8 Å². The van der Waals surface area contributed by atoms with Crippen LogP contribution < -0.4 is 5.32 Å². The number of benzene rings is 3. The maximum atomic E-state index is 15.0. The van der Waals surface area contributed by atoms with Gasteiger partial charge in [-0.3, -0.25) is 9.59 Å². The van der Waals surface area contributed by atoms with E-state index < -0.39 is 55.9 Å². The second-order valence-corrected chi connectivity index (χ2v) is 13.4. The first-order chi connectivity index (χ1) is 20.9. The molecule has 6 rings (SSSR count). The van der Waals surface area contributed by atoms with E-state index in [2.05, 4.69) is 5.32 Å². The van der Waals surface area contributed by atoms with Crippen LogP contribution in [0.25, 0.3) is 0 Å². The van der Waals surface area contributed by atoms with Crippen LogP contribution >= 0.6 is 0 Å². The summed E-state index contributed by atoms with van der Waals surface area (Å²) in [6.45, 7) is 0.000748. The molecule has 0 saturated carbocycles. The molecule has 3 aromatic carbocycles. The van der Waals surface area contributed by atoms with Crippen LogP contribution in [0.2, 0.25) is 0 Å². The molecule has 1 aliphatic carbocycles. The van der Waals surface area contributed by atoms with Crippen LogP contribution in [0.5, 0.6) is 0 Å². The number of fused-ring (bicyclic) bond motifs is 4. The molecule has 0 bridgehead atoms. The molecule has 0 unspecified atom stereocenters. The summed E-state index contributed by atoms with van der Waals surface area (Å²) < 4.78 is 137. The van der Waals surface area contributed by atoms with Crippen LogP contribution in [-0.2, 0) is 33.2 Å². The Morgan fingerprint density at radius 2 is 1.56 bits per heavy atom. The minimum absolute atomic E-state index is 0.138. The van der Waals surface area contributed by atoms with Crippen molar-refractivity contribution < 1.29 is 53.1 Å². The molecule has 2 aliphatic heterocycles. The number of carbonyl (C=O) groups excluding carboxylic acids is 2. The van der Waals surface area contributed by atoms with Gasteiger partial charge in [-0.2, -0.15) is 26.3 Å². The molecule has 1 saturated heterocycles. The third-order valence-electron chi connectivity index (χ3n) is 8.97. The molecule has 0 spiro atoms. The fourth-order valence-corrected chi connectivity index (χ4v) is 9.20. The summed E-state index contributed by atoms with van der Waals surface area (Å²) in [6.07, 6.45) is -13.5. The minimum Gasteiger partial charge on any atom is -0.348 e. The summed E-state index contributed by atoms with van der Waals surface area (Å²) in [5, 5.41) is 2.62. The Bertz CT molecular complexity index is 1830. The van der Waals surface area contributed by atoms with Gasteiger partial charge >= 0.3 is 18.0 Å². The number of likely N-dealkylation sites (tertiary alicyclic amines) is 1. The zero-order valence-corrected chi connectivity index (χ0v) is 23.7. The number of sulfone groups is 1. The van der Waals surface area contributed by atoms with Gasteiger partial charge in [-0.25, -0.2) is 17.2 Å². The molecule has 238 valence electrons. The summed E-state index contributed by atoms with van der Waals surface area (Å²) in [6, 6.07) is 8.34. The van der Waals surface area contributed by atoms with E-state index in [1.54, 1.807) is 0 Å². The Balaban J connectivity index is 1.50. The van der Waals surface area contributed by atoms with Gasteiger partial charge in [0.05, 0.1) is 10.9 Å². The topological polar surface area (TPSA) is 83.6 Å². The number of alkyl halides is 7. The largest absolute Gasteiger partial charge is 0.435 e. The molecule has 3 aromatic rings. The standard InChI is InChI=1S/C30H22F8N2O4S/c31-20-4-6-21(7-5-20)45(43,44)27-11-12-40(26(42)17-1-8-22-18(13-17)15-39-25(22)41)24(27)10-2-16-14-19(3-9-23(16)27)28(32,29(33,34)35)30(36,37)38/h1,3-9,13-14,24H,2,10-12,15H2,(H,39,41)/t24-,27-/m0/s1. The lowest BCUT2D eigenvalue weighted by Gasteiger charge is -2.43. The van der Waals surface area contributed by atoms with Gasteiger partial charge in [-0.1, -0.05) is 18.2 Å². The fraction of sp³-hybridized carbons (Fsp3) is 0.333. The zero-order valence-electron chi connectivity index (χ0n) is 22.9. The van der Waals surface area contributed by atoms with Crippen LogP contribution in [0.4, 0.5) is 35.1 Å². The van der Waals surface area contributed by atoms with E-state index >= 15 is 4.39 Å². The highest BCUT2D eigenvalue weighted by molar-refractivity contribution is 7.92. The molecule has 2 amide bonds. The van der Waals surface area contributed by atoms with Crippen molar-refractivity contribution in [3.63, 3.8) is 0 Å². The summed E-state index contributed by atoms with van der Waals surface area (Å²) in [4.78, 5) is 26.7. The third kappa shape index (κ3) is 4.36. The smallest absolute Gasteiger partial charge is 0.348 e. The summed E-state index contributed by atoms with van der Waals surface area (Å²) in [5.41, 5.74) is -6.85. The predicted molar refractivity (Wildman–Crippen MR) is 142 cm³/mol. The molecule has 2 atom stereocenters. The molecule has 2 heterocycles. The Morgan fingerprint density at radius 1 is 0.889 bits per heavy atom. The van der Waals surface area contributed by atoms with Crippen LogP contribution in [0.15, 0.2) is 65.6 Å². The van der Waals surface area contributed by atoms with Crippen molar-refractivity contribution in [2.24, 2.45) is 0 Å². The summed E-state index contributed by atoms with van der Waals surface area (Å²) in [7, 11) is -4.61. The number of hydrogen-bond donors (Lipinski definition) is 1. The number of rotatable bonds is 4. The summed E-state index contributed by atoms with van der Waals surface area (Å²) in [5.74, 6) is -1.69. The molecule has 45 heavy (non-hydrogen) atoms. The Kier molecular flexibility index (Phi) is 6.88. The number of hydrogen-bond acceptors (Lipinski definition) is 4. The van der Waals surface area contributed by atoms with E-state index in [0.29, 0.717) is 17.2 Å². The molecule has 15 heteroatoms. The first-order valence-electron chi connectivity index (χ1n) is 13.6. The Morgan fingerprint density at radius 3 is 2.20 bits per heavy atom. The van der Waals surface area contributed by atoms with E-state index in [4.69, 9.17) is 0 Å². The van der Waals surface area contributed by atoms with E-state index in [9.17, 15) is 48.7 Å². The van der Waals surface area contributed by atoms with Gasteiger partial charge in [-0.15, -0.1) is 0 Å². The maximum Gasteiger partial charge on any atom is 0.435 e. The van der Waals surface area contributed by atoms with Gasteiger partial charge in [0.25, 0.3) is 11.8 Å². The van der Waals surface area contributed by atoms with Gasteiger partial charge in [0.2, 0.25) is 0 Å². The second-order valence-electron chi connectivity index (χ2n) is 11.2. The molecule has 1 N–H and O–H groups in total. The van der Waals surface area contributed by atoms with Crippen LogP contribution in [0, 0.1) is 5.82 Å². The van der Waals surface area contributed by atoms with Crippen molar-refractivity contribution in [3.05, 3.63) is 99.9 Å². The number of amides is 2. The maximum absolute atomic E-state index is 15.0. The first-order valence-corrected chi connectivity index (χ1v) is 15.1. The number of nitrogens with zero attached hydrogens (tertiary/aromatic N) is 1. The number of halogens is 8. The van der Waals surface area contributed by atoms with Crippen LogP contribution in [-0.4, -0.2) is 50.1 Å². The first kappa shape index (κ1) is 31.0. The SMILES string of the molecule is O=C1NCc2cc(C(=O)N3CC[C@]4(S(=O)(=O)c5ccc(F)cc5)c5ccc(C(F)(C(F)(F)F)C(F)(F)F)cc5CC[C@H]34)ccc21. The van der Waals surface area contributed by atoms with Crippen molar-refractivity contribution >= 4 is 21.7 Å². The average Bonchev–Trinajstić information content (AvgIpc) is 3.56.